The molecule has 0 radical (unpaired) electrons. The van der Waals surface area contributed by atoms with Crippen LogP contribution in [-0.4, -0.2) is 30.5 Å². The number of pyridine rings is 1. The molecule has 1 N–H and O–H groups in total. The number of hydrogen-bond acceptors (Lipinski definition) is 4. The van der Waals surface area contributed by atoms with Gasteiger partial charge in [-0.15, -0.1) is 0 Å². The molecule has 1 aromatic carbocycles. The fourth-order valence-corrected chi connectivity index (χ4v) is 2.62. The molecule has 1 aromatic heterocycles. The molecule has 1 unspecified atom stereocenters. The fraction of sp³-hybridized carbons (Fsp3) is 0.235. The van der Waals surface area contributed by atoms with E-state index in [1.807, 2.05) is 30.3 Å². The smallest absolute Gasteiger partial charge is 0.237 e. The van der Waals surface area contributed by atoms with E-state index in [9.17, 15) is 9.59 Å². The van der Waals surface area contributed by atoms with Crippen molar-refractivity contribution in [2.45, 2.75) is 6.42 Å². The summed E-state index contributed by atoms with van der Waals surface area (Å²) >= 11 is 0. The maximum absolute atomic E-state index is 12.4. The number of benzene rings is 1. The predicted molar refractivity (Wildman–Crippen MR) is 86.3 cm³/mol. The van der Waals surface area contributed by atoms with Crippen molar-refractivity contribution >= 4 is 23.2 Å². The quantitative estimate of drug-likeness (QED) is 0.938. The highest BCUT2D eigenvalue weighted by molar-refractivity contribution is 6.03. The monoisotopic (exact) mass is 311 g/mol. The number of nitrogens with one attached hydrogen (secondary N) is 1. The number of nitrogens with zero attached hydrogens (tertiary/aromatic N) is 2. The summed E-state index contributed by atoms with van der Waals surface area (Å²) in [7, 11) is 1.49. The number of methoxy groups -OCH3 is 1. The van der Waals surface area contributed by atoms with Gasteiger partial charge in [0, 0.05) is 24.8 Å². The van der Waals surface area contributed by atoms with Crippen LogP contribution in [0.25, 0.3) is 0 Å². The van der Waals surface area contributed by atoms with E-state index in [2.05, 4.69) is 10.3 Å². The molecule has 1 fully saturated rings. The Morgan fingerprint density at radius 3 is 2.78 bits per heavy atom. The summed E-state index contributed by atoms with van der Waals surface area (Å²) < 4.78 is 5.12. The first kappa shape index (κ1) is 15.0. The van der Waals surface area contributed by atoms with Crippen molar-refractivity contribution in [2.24, 2.45) is 5.92 Å². The van der Waals surface area contributed by atoms with E-state index in [-0.39, 0.29) is 18.2 Å². The first-order valence-electron chi connectivity index (χ1n) is 7.34. The zero-order valence-electron chi connectivity index (χ0n) is 12.7. The number of amides is 2. The molecule has 118 valence electrons. The van der Waals surface area contributed by atoms with E-state index in [0.717, 1.165) is 5.69 Å². The molecule has 23 heavy (non-hydrogen) atoms. The maximum atomic E-state index is 12.4. The Kier molecular flexibility index (Phi) is 4.23. The topological polar surface area (TPSA) is 71.5 Å². The standard InChI is InChI=1S/C17H17N3O3/c1-23-17-14(8-5-9-18-17)19-16(22)12-10-15(21)20(11-12)13-6-3-2-4-7-13/h2-9,12H,10-11H2,1H3,(H,19,22). The number of ether oxygens (including phenoxy) is 1. The molecule has 2 heterocycles. The van der Waals surface area contributed by atoms with Crippen LogP contribution in [0.4, 0.5) is 11.4 Å². The highest BCUT2D eigenvalue weighted by Gasteiger charge is 2.35. The number of para-hydroxylation sites is 1. The van der Waals surface area contributed by atoms with Gasteiger partial charge in [0.1, 0.15) is 5.69 Å². The second kappa shape index (κ2) is 6.48. The van der Waals surface area contributed by atoms with Gasteiger partial charge in [0.15, 0.2) is 0 Å². The lowest BCUT2D eigenvalue weighted by Gasteiger charge is -2.16. The normalized spacial score (nSPS) is 17.2. The summed E-state index contributed by atoms with van der Waals surface area (Å²) in [6.07, 6.45) is 1.79. The van der Waals surface area contributed by atoms with Gasteiger partial charge in [0.2, 0.25) is 17.7 Å². The first-order valence-corrected chi connectivity index (χ1v) is 7.34. The molecule has 0 saturated carbocycles. The van der Waals surface area contributed by atoms with Gasteiger partial charge in [-0.3, -0.25) is 9.59 Å². The molecule has 2 amide bonds. The summed E-state index contributed by atoms with van der Waals surface area (Å²) in [6, 6.07) is 12.8. The minimum absolute atomic E-state index is 0.0468. The van der Waals surface area contributed by atoms with E-state index in [0.29, 0.717) is 18.1 Å². The molecule has 1 aliphatic rings. The Morgan fingerprint density at radius 2 is 2.04 bits per heavy atom. The molecule has 6 heteroatoms. The van der Waals surface area contributed by atoms with Crippen LogP contribution in [0, 0.1) is 5.92 Å². The lowest BCUT2D eigenvalue weighted by Crippen LogP contribution is -2.28. The Labute approximate surface area is 134 Å². The predicted octanol–water partition coefficient (Wildman–Crippen LogP) is 2.08. The van der Waals surface area contributed by atoms with Gasteiger partial charge in [-0.1, -0.05) is 18.2 Å². The summed E-state index contributed by atoms with van der Waals surface area (Å²) in [4.78, 5) is 30.3. The van der Waals surface area contributed by atoms with Crippen LogP contribution >= 0.6 is 0 Å². The van der Waals surface area contributed by atoms with Crippen molar-refractivity contribution in [3.63, 3.8) is 0 Å². The molecule has 1 atom stereocenters. The Bertz CT molecular complexity index is 718. The van der Waals surface area contributed by atoms with Gasteiger partial charge >= 0.3 is 0 Å². The maximum Gasteiger partial charge on any atom is 0.237 e. The second-order valence-corrected chi connectivity index (χ2v) is 5.29. The number of anilines is 2. The van der Waals surface area contributed by atoms with Crippen molar-refractivity contribution in [3.05, 3.63) is 48.7 Å². The van der Waals surface area contributed by atoms with Crippen molar-refractivity contribution in [1.29, 1.82) is 0 Å². The van der Waals surface area contributed by atoms with Crippen molar-refractivity contribution in [2.75, 3.05) is 23.9 Å². The zero-order chi connectivity index (χ0) is 16.2. The second-order valence-electron chi connectivity index (χ2n) is 5.29. The summed E-state index contributed by atoms with van der Waals surface area (Å²) in [5, 5.41) is 2.79. The third-order valence-electron chi connectivity index (χ3n) is 3.79. The molecular weight excluding hydrogens is 294 g/mol. The van der Waals surface area contributed by atoms with Gasteiger partial charge in [-0.05, 0) is 24.3 Å². The SMILES string of the molecule is COc1ncccc1NC(=O)C1CC(=O)N(c2ccccc2)C1. The van der Waals surface area contributed by atoms with Crippen molar-refractivity contribution in [3.8, 4) is 5.88 Å². The number of aromatic nitrogens is 1. The average Bonchev–Trinajstić information content (AvgIpc) is 2.98. The van der Waals surface area contributed by atoms with Gasteiger partial charge in [-0.2, -0.15) is 0 Å². The molecular formula is C17H17N3O3. The van der Waals surface area contributed by atoms with Crippen LogP contribution in [0.15, 0.2) is 48.7 Å². The summed E-state index contributed by atoms with van der Waals surface area (Å²) in [5.74, 6) is -0.296. The van der Waals surface area contributed by atoms with Gasteiger partial charge in [0.05, 0.1) is 13.0 Å². The van der Waals surface area contributed by atoms with Crippen molar-refractivity contribution in [1.82, 2.24) is 4.98 Å². The largest absolute Gasteiger partial charge is 0.480 e. The first-order chi connectivity index (χ1) is 11.2. The van der Waals surface area contributed by atoms with Crippen LogP contribution in [0.2, 0.25) is 0 Å². The molecule has 0 aliphatic carbocycles. The van der Waals surface area contributed by atoms with E-state index >= 15 is 0 Å². The Hall–Kier alpha value is -2.89. The lowest BCUT2D eigenvalue weighted by molar-refractivity contribution is -0.122. The Balaban J connectivity index is 1.71. The van der Waals surface area contributed by atoms with Crippen LogP contribution < -0.4 is 15.0 Å². The molecule has 2 aromatic rings. The lowest BCUT2D eigenvalue weighted by atomic mass is 10.1. The van der Waals surface area contributed by atoms with Crippen LogP contribution in [0.1, 0.15) is 6.42 Å². The average molecular weight is 311 g/mol. The van der Waals surface area contributed by atoms with Crippen LogP contribution in [0.5, 0.6) is 5.88 Å². The zero-order valence-corrected chi connectivity index (χ0v) is 12.7. The molecule has 6 nitrogen and oxygen atoms in total. The van der Waals surface area contributed by atoms with Gasteiger partial charge in [-0.25, -0.2) is 4.98 Å². The van der Waals surface area contributed by atoms with E-state index < -0.39 is 5.92 Å². The summed E-state index contributed by atoms with van der Waals surface area (Å²) in [6.45, 7) is 0.372. The Morgan fingerprint density at radius 1 is 1.26 bits per heavy atom. The van der Waals surface area contributed by atoms with E-state index in [4.69, 9.17) is 4.74 Å². The van der Waals surface area contributed by atoms with Gasteiger partial charge in [0.25, 0.3) is 0 Å². The van der Waals surface area contributed by atoms with Crippen LogP contribution in [0.3, 0.4) is 0 Å². The van der Waals surface area contributed by atoms with Crippen LogP contribution in [-0.2, 0) is 9.59 Å². The van der Waals surface area contributed by atoms with Crippen molar-refractivity contribution < 1.29 is 14.3 Å². The van der Waals surface area contributed by atoms with E-state index in [1.165, 1.54) is 7.11 Å². The molecule has 0 spiro atoms. The van der Waals surface area contributed by atoms with Gasteiger partial charge < -0.3 is 15.0 Å². The number of hydrogen-bond donors (Lipinski definition) is 1. The minimum Gasteiger partial charge on any atom is -0.480 e. The fourth-order valence-electron chi connectivity index (χ4n) is 2.62. The number of rotatable bonds is 4. The highest BCUT2D eigenvalue weighted by atomic mass is 16.5. The number of carbonyl (C=O) groups excluding carboxylic acids is 2. The third-order valence-corrected chi connectivity index (χ3v) is 3.79. The summed E-state index contributed by atoms with van der Waals surface area (Å²) in [5.41, 5.74) is 1.32. The number of carbonyl (C=O) groups is 2. The molecule has 0 bridgehead atoms. The molecule has 1 saturated heterocycles. The highest BCUT2D eigenvalue weighted by Crippen LogP contribution is 2.27. The van der Waals surface area contributed by atoms with E-state index in [1.54, 1.807) is 23.2 Å². The third kappa shape index (κ3) is 3.15. The molecule has 3 rings (SSSR count). The molecule has 1 aliphatic heterocycles. The minimum atomic E-state index is -0.396.